The normalized spacial score (nSPS) is 15.2. The molecule has 1 fully saturated rings. The molecule has 1 aliphatic heterocycles. The van der Waals surface area contributed by atoms with Crippen molar-refractivity contribution in [1.82, 2.24) is 10.2 Å². The summed E-state index contributed by atoms with van der Waals surface area (Å²) < 4.78 is 10.4. The predicted molar refractivity (Wildman–Crippen MR) is 86.7 cm³/mol. The molecular weight excluding hydrogens is 312 g/mol. The van der Waals surface area contributed by atoms with Gasteiger partial charge in [0.25, 0.3) is 5.91 Å². The molecule has 1 saturated heterocycles. The van der Waals surface area contributed by atoms with Gasteiger partial charge in [0.1, 0.15) is 5.75 Å². The third-order valence-electron chi connectivity index (χ3n) is 3.68. The van der Waals surface area contributed by atoms with Gasteiger partial charge in [-0.15, -0.1) is 0 Å². The molecule has 1 heterocycles. The zero-order valence-electron chi connectivity index (χ0n) is 14.1. The highest BCUT2D eigenvalue weighted by Crippen LogP contribution is 2.18. The number of carbonyl (C=O) groups is 3. The number of esters is 1. The fraction of sp³-hybridized carbons (Fsp3) is 0.471. The summed E-state index contributed by atoms with van der Waals surface area (Å²) >= 11 is 0. The summed E-state index contributed by atoms with van der Waals surface area (Å²) in [7, 11) is 0. The summed E-state index contributed by atoms with van der Waals surface area (Å²) in [6, 6.07) is 6.97. The van der Waals surface area contributed by atoms with Crippen LogP contribution in [0.5, 0.6) is 5.75 Å². The summed E-state index contributed by atoms with van der Waals surface area (Å²) in [5.41, 5.74) is 1.17. The maximum Gasteiger partial charge on any atom is 0.344 e. The van der Waals surface area contributed by atoms with Crippen molar-refractivity contribution < 1.29 is 23.9 Å². The molecule has 0 saturated carbocycles. The number of carbonyl (C=O) groups excluding carboxylic acids is 3. The summed E-state index contributed by atoms with van der Waals surface area (Å²) in [6.45, 7) is 5.99. The topological polar surface area (TPSA) is 84.9 Å². The number of nitrogens with one attached hydrogen (secondary N) is 1. The third kappa shape index (κ3) is 4.47. The number of rotatable bonds is 6. The lowest BCUT2D eigenvalue weighted by molar-refractivity contribution is -0.159. The molecule has 0 radical (unpaired) electrons. The van der Waals surface area contributed by atoms with Crippen molar-refractivity contribution in [3.63, 3.8) is 0 Å². The van der Waals surface area contributed by atoms with Crippen LogP contribution in [0.4, 0.5) is 4.79 Å². The highest BCUT2D eigenvalue weighted by molar-refractivity contribution is 5.98. The number of nitrogens with zero attached hydrogens (tertiary/aromatic N) is 1. The van der Waals surface area contributed by atoms with Crippen LogP contribution >= 0.6 is 0 Å². The number of urea groups is 1. The van der Waals surface area contributed by atoms with E-state index in [4.69, 9.17) is 9.47 Å². The van der Waals surface area contributed by atoms with Crippen LogP contribution in [0.25, 0.3) is 0 Å². The molecular formula is C17H22N2O5. The lowest BCUT2D eigenvalue weighted by Gasteiger charge is -2.18. The SMILES string of the molecule is CC(C)c1ccc(OCC(=O)O[C@@H](C)C(=O)N2CCNC2=O)cc1. The second kappa shape index (κ2) is 7.81. The fourth-order valence-corrected chi connectivity index (χ4v) is 2.27. The van der Waals surface area contributed by atoms with Gasteiger partial charge in [0.2, 0.25) is 0 Å². The largest absolute Gasteiger partial charge is 0.482 e. The number of hydrogen-bond donors (Lipinski definition) is 1. The van der Waals surface area contributed by atoms with E-state index in [9.17, 15) is 14.4 Å². The Bertz CT molecular complexity index is 612. The first-order chi connectivity index (χ1) is 11.4. The maximum atomic E-state index is 12.0. The van der Waals surface area contributed by atoms with E-state index in [0.29, 0.717) is 18.2 Å². The zero-order chi connectivity index (χ0) is 17.7. The number of ether oxygens (including phenoxy) is 2. The molecule has 2 rings (SSSR count). The van der Waals surface area contributed by atoms with Crippen LogP contribution in [0.15, 0.2) is 24.3 Å². The summed E-state index contributed by atoms with van der Waals surface area (Å²) in [5.74, 6) is -0.240. The Balaban J connectivity index is 1.80. The van der Waals surface area contributed by atoms with Crippen molar-refractivity contribution in [2.75, 3.05) is 19.7 Å². The Hall–Kier alpha value is -2.57. The standard InChI is InChI=1S/C17H22N2O5/c1-11(2)13-4-6-14(7-5-13)23-10-15(20)24-12(3)16(21)19-9-8-18-17(19)22/h4-7,11-12H,8-10H2,1-3H3,(H,18,22)/t12-/m0/s1. The molecule has 1 N–H and O–H groups in total. The van der Waals surface area contributed by atoms with E-state index in [1.165, 1.54) is 12.5 Å². The number of benzene rings is 1. The third-order valence-corrected chi connectivity index (χ3v) is 3.68. The molecule has 0 spiro atoms. The fourth-order valence-electron chi connectivity index (χ4n) is 2.27. The van der Waals surface area contributed by atoms with Crippen LogP contribution in [0, 0.1) is 0 Å². The van der Waals surface area contributed by atoms with Crippen LogP contribution in [0.2, 0.25) is 0 Å². The van der Waals surface area contributed by atoms with E-state index >= 15 is 0 Å². The second-order valence-corrected chi connectivity index (χ2v) is 5.87. The molecule has 3 amide bonds. The molecule has 7 heteroatoms. The van der Waals surface area contributed by atoms with Gasteiger partial charge in [-0.2, -0.15) is 0 Å². The minimum atomic E-state index is -1.03. The first-order valence-corrected chi connectivity index (χ1v) is 7.90. The number of hydrogen-bond acceptors (Lipinski definition) is 5. The molecule has 1 aromatic rings. The number of imide groups is 1. The molecule has 1 aromatic carbocycles. The highest BCUT2D eigenvalue weighted by Gasteiger charge is 2.31. The van der Waals surface area contributed by atoms with Gasteiger partial charge in [0.15, 0.2) is 12.7 Å². The monoisotopic (exact) mass is 334 g/mol. The lowest BCUT2D eigenvalue weighted by atomic mass is 10.0. The van der Waals surface area contributed by atoms with Gasteiger partial charge in [-0.1, -0.05) is 26.0 Å². The Kier molecular flexibility index (Phi) is 5.78. The number of amides is 3. The van der Waals surface area contributed by atoms with Gasteiger partial charge in [0, 0.05) is 13.1 Å². The second-order valence-electron chi connectivity index (χ2n) is 5.87. The minimum Gasteiger partial charge on any atom is -0.482 e. The molecule has 0 bridgehead atoms. The smallest absolute Gasteiger partial charge is 0.344 e. The molecule has 7 nitrogen and oxygen atoms in total. The molecule has 130 valence electrons. The van der Waals surface area contributed by atoms with Crippen LogP contribution in [-0.4, -0.2) is 48.6 Å². The minimum absolute atomic E-state index is 0.276. The van der Waals surface area contributed by atoms with Crippen LogP contribution in [0.1, 0.15) is 32.3 Å². The summed E-state index contributed by atoms with van der Waals surface area (Å²) in [4.78, 5) is 36.3. The molecule has 0 aliphatic carbocycles. The Morgan fingerprint density at radius 3 is 2.42 bits per heavy atom. The van der Waals surface area contributed by atoms with Gasteiger partial charge in [0.05, 0.1) is 0 Å². The van der Waals surface area contributed by atoms with Crippen LogP contribution in [0.3, 0.4) is 0 Å². The van der Waals surface area contributed by atoms with Crippen molar-refractivity contribution in [3.8, 4) is 5.75 Å². The molecule has 0 aromatic heterocycles. The van der Waals surface area contributed by atoms with Gasteiger partial charge >= 0.3 is 12.0 Å². The van der Waals surface area contributed by atoms with Gasteiger partial charge in [-0.3, -0.25) is 9.69 Å². The Morgan fingerprint density at radius 1 is 1.21 bits per heavy atom. The average Bonchev–Trinajstić information content (AvgIpc) is 2.98. The Labute approximate surface area is 140 Å². The van der Waals surface area contributed by atoms with E-state index in [1.807, 2.05) is 12.1 Å². The lowest BCUT2D eigenvalue weighted by Crippen LogP contribution is -2.42. The van der Waals surface area contributed by atoms with E-state index in [-0.39, 0.29) is 13.2 Å². The van der Waals surface area contributed by atoms with Gasteiger partial charge in [-0.25, -0.2) is 9.59 Å². The van der Waals surface area contributed by atoms with Crippen LogP contribution in [-0.2, 0) is 14.3 Å². The highest BCUT2D eigenvalue weighted by atomic mass is 16.6. The molecule has 1 atom stereocenters. The van der Waals surface area contributed by atoms with E-state index < -0.39 is 24.0 Å². The van der Waals surface area contributed by atoms with Crippen molar-refractivity contribution in [1.29, 1.82) is 0 Å². The molecule has 1 aliphatic rings. The molecule has 0 unspecified atom stereocenters. The molecule has 24 heavy (non-hydrogen) atoms. The maximum absolute atomic E-state index is 12.0. The van der Waals surface area contributed by atoms with E-state index in [2.05, 4.69) is 19.2 Å². The summed E-state index contributed by atoms with van der Waals surface area (Å²) in [5, 5.41) is 2.52. The summed E-state index contributed by atoms with van der Waals surface area (Å²) in [6.07, 6.45) is -1.03. The predicted octanol–water partition coefficient (Wildman–Crippen LogP) is 1.67. The van der Waals surface area contributed by atoms with E-state index in [1.54, 1.807) is 12.1 Å². The van der Waals surface area contributed by atoms with Crippen molar-refractivity contribution in [2.24, 2.45) is 0 Å². The van der Waals surface area contributed by atoms with Crippen LogP contribution < -0.4 is 10.1 Å². The first kappa shape index (κ1) is 17.8. The van der Waals surface area contributed by atoms with E-state index in [0.717, 1.165) is 4.90 Å². The van der Waals surface area contributed by atoms with Crippen molar-refractivity contribution in [2.45, 2.75) is 32.8 Å². The quantitative estimate of drug-likeness (QED) is 0.800. The average molecular weight is 334 g/mol. The Morgan fingerprint density at radius 2 is 1.88 bits per heavy atom. The van der Waals surface area contributed by atoms with Gasteiger partial charge < -0.3 is 14.8 Å². The van der Waals surface area contributed by atoms with Crippen molar-refractivity contribution in [3.05, 3.63) is 29.8 Å². The van der Waals surface area contributed by atoms with Gasteiger partial charge in [-0.05, 0) is 30.5 Å². The first-order valence-electron chi connectivity index (χ1n) is 7.90. The van der Waals surface area contributed by atoms with Crippen molar-refractivity contribution >= 4 is 17.9 Å². The zero-order valence-corrected chi connectivity index (χ0v) is 14.1.